The quantitative estimate of drug-likeness (QED) is 0.910. The molecule has 0 aliphatic carbocycles. The van der Waals surface area contributed by atoms with Crippen LogP contribution in [0.1, 0.15) is 44.1 Å². The van der Waals surface area contributed by atoms with Gasteiger partial charge in [0.2, 0.25) is 5.91 Å². The Kier molecular flexibility index (Phi) is 4.16. The van der Waals surface area contributed by atoms with Crippen molar-refractivity contribution < 1.29 is 9.90 Å². The Balaban J connectivity index is 1.60. The van der Waals surface area contributed by atoms with Crippen LogP contribution in [0.3, 0.4) is 0 Å². The molecule has 1 amide bonds. The van der Waals surface area contributed by atoms with Crippen molar-refractivity contribution in [3.8, 4) is 5.75 Å². The first-order valence-corrected chi connectivity index (χ1v) is 8.79. The van der Waals surface area contributed by atoms with Crippen LogP contribution in [0.5, 0.6) is 5.75 Å². The maximum atomic E-state index is 12.7. The van der Waals surface area contributed by atoms with Gasteiger partial charge in [0.15, 0.2) is 0 Å². The predicted molar refractivity (Wildman–Crippen MR) is 86.8 cm³/mol. The fraction of sp³-hybridized carbons (Fsp3) is 0.588. The van der Waals surface area contributed by atoms with Gasteiger partial charge in [-0.15, -0.1) is 11.8 Å². The van der Waals surface area contributed by atoms with Gasteiger partial charge in [0.05, 0.1) is 4.75 Å². The normalized spacial score (nSPS) is 27.0. The number of rotatable bonds is 2. The first-order chi connectivity index (χ1) is 10.1. The van der Waals surface area contributed by atoms with Gasteiger partial charge in [-0.3, -0.25) is 4.79 Å². The van der Waals surface area contributed by atoms with Gasteiger partial charge in [0, 0.05) is 13.1 Å². The average molecular weight is 305 g/mol. The van der Waals surface area contributed by atoms with Gasteiger partial charge in [0.1, 0.15) is 5.75 Å². The van der Waals surface area contributed by atoms with Gasteiger partial charge >= 0.3 is 0 Å². The zero-order valence-corrected chi connectivity index (χ0v) is 13.4. The Morgan fingerprint density at radius 2 is 1.95 bits per heavy atom. The molecule has 1 atom stereocenters. The SMILES string of the molecule is CC1(C(=O)N2CCC(c3ccc(O)cc3)CC2)CCCS1. The average Bonchev–Trinajstić information content (AvgIpc) is 2.96. The second-order valence-electron chi connectivity index (χ2n) is 6.34. The number of thioether (sulfide) groups is 1. The number of amides is 1. The molecule has 0 spiro atoms. The molecule has 2 aliphatic heterocycles. The van der Waals surface area contributed by atoms with Crippen LogP contribution in [-0.4, -0.2) is 39.5 Å². The van der Waals surface area contributed by atoms with E-state index >= 15 is 0 Å². The predicted octanol–water partition coefficient (Wildman–Crippen LogP) is 3.38. The molecule has 2 aliphatic rings. The highest BCUT2D eigenvalue weighted by molar-refractivity contribution is 8.01. The number of nitrogens with zero attached hydrogens (tertiary/aromatic N) is 1. The maximum absolute atomic E-state index is 12.7. The van der Waals surface area contributed by atoms with E-state index < -0.39 is 0 Å². The van der Waals surface area contributed by atoms with Gasteiger partial charge in [-0.1, -0.05) is 12.1 Å². The lowest BCUT2D eigenvalue weighted by atomic mass is 9.89. The highest BCUT2D eigenvalue weighted by Crippen LogP contribution is 2.40. The molecule has 3 rings (SSSR count). The minimum absolute atomic E-state index is 0.175. The Bertz CT molecular complexity index is 500. The van der Waals surface area contributed by atoms with Crippen molar-refractivity contribution in [3.63, 3.8) is 0 Å². The Morgan fingerprint density at radius 1 is 1.29 bits per heavy atom. The summed E-state index contributed by atoms with van der Waals surface area (Å²) in [5.41, 5.74) is 1.28. The molecule has 2 fully saturated rings. The highest BCUT2D eigenvalue weighted by Gasteiger charge is 2.40. The number of carbonyl (C=O) groups is 1. The van der Waals surface area contributed by atoms with Gasteiger partial charge in [-0.25, -0.2) is 0 Å². The number of carbonyl (C=O) groups excluding carboxylic acids is 1. The number of aromatic hydroxyl groups is 1. The summed E-state index contributed by atoms with van der Waals surface area (Å²) in [6.07, 6.45) is 4.24. The summed E-state index contributed by atoms with van der Waals surface area (Å²) in [6, 6.07) is 7.52. The number of hydrogen-bond donors (Lipinski definition) is 1. The van der Waals surface area contributed by atoms with Gasteiger partial charge in [-0.05, 0) is 62.0 Å². The number of piperidine rings is 1. The minimum Gasteiger partial charge on any atom is -0.508 e. The fourth-order valence-electron chi connectivity index (χ4n) is 3.44. The second-order valence-corrected chi connectivity index (χ2v) is 7.94. The van der Waals surface area contributed by atoms with Crippen LogP contribution >= 0.6 is 11.8 Å². The van der Waals surface area contributed by atoms with E-state index in [9.17, 15) is 9.90 Å². The zero-order chi connectivity index (χ0) is 14.9. The Morgan fingerprint density at radius 3 is 2.52 bits per heavy atom. The summed E-state index contributed by atoms with van der Waals surface area (Å²) < 4.78 is -0.175. The molecule has 1 aromatic rings. The lowest BCUT2D eigenvalue weighted by molar-refractivity contribution is -0.134. The third-order valence-corrected chi connectivity index (χ3v) is 6.33. The van der Waals surface area contributed by atoms with E-state index in [1.165, 1.54) is 5.56 Å². The van der Waals surface area contributed by atoms with Crippen molar-refractivity contribution in [1.82, 2.24) is 4.90 Å². The lowest BCUT2D eigenvalue weighted by Gasteiger charge is -2.36. The smallest absolute Gasteiger partial charge is 0.238 e. The summed E-state index contributed by atoms with van der Waals surface area (Å²) in [6.45, 7) is 3.83. The van der Waals surface area contributed by atoms with Gasteiger partial charge < -0.3 is 10.0 Å². The molecule has 2 heterocycles. The van der Waals surface area contributed by atoms with Crippen molar-refractivity contribution in [3.05, 3.63) is 29.8 Å². The monoisotopic (exact) mass is 305 g/mol. The molecule has 0 aromatic heterocycles. The van der Waals surface area contributed by atoms with E-state index in [1.54, 1.807) is 12.1 Å². The van der Waals surface area contributed by atoms with E-state index in [0.29, 0.717) is 17.6 Å². The van der Waals surface area contributed by atoms with E-state index in [4.69, 9.17) is 0 Å². The summed E-state index contributed by atoms with van der Waals surface area (Å²) in [5, 5.41) is 9.36. The van der Waals surface area contributed by atoms with Crippen LogP contribution in [0.15, 0.2) is 24.3 Å². The molecule has 1 aromatic carbocycles. The van der Waals surface area contributed by atoms with Crippen molar-refractivity contribution in [2.75, 3.05) is 18.8 Å². The Hall–Kier alpha value is -1.16. The number of hydrogen-bond acceptors (Lipinski definition) is 3. The lowest BCUT2D eigenvalue weighted by Crippen LogP contribution is -2.47. The fourth-order valence-corrected chi connectivity index (χ4v) is 4.73. The number of phenolic OH excluding ortho intramolecular Hbond substituents is 1. The minimum atomic E-state index is -0.175. The van der Waals surface area contributed by atoms with Crippen molar-refractivity contribution >= 4 is 17.7 Å². The van der Waals surface area contributed by atoms with E-state index in [1.807, 2.05) is 23.9 Å². The molecule has 2 saturated heterocycles. The highest BCUT2D eigenvalue weighted by atomic mass is 32.2. The summed E-state index contributed by atoms with van der Waals surface area (Å²) in [7, 11) is 0. The number of phenols is 1. The van der Waals surface area contributed by atoms with Gasteiger partial charge in [0.25, 0.3) is 0 Å². The number of benzene rings is 1. The van der Waals surface area contributed by atoms with Crippen LogP contribution in [0.4, 0.5) is 0 Å². The molecule has 0 bridgehead atoms. The van der Waals surface area contributed by atoms with Crippen LogP contribution in [-0.2, 0) is 4.79 Å². The number of likely N-dealkylation sites (tertiary alicyclic amines) is 1. The zero-order valence-electron chi connectivity index (χ0n) is 12.5. The van der Waals surface area contributed by atoms with Crippen molar-refractivity contribution in [1.29, 1.82) is 0 Å². The topological polar surface area (TPSA) is 40.5 Å². The van der Waals surface area contributed by atoms with Crippen LogP contribution < -0.4 is 0 Å². The molecular formula is C17H23NO2S. The first kappa shape index (κ1) is 14.8. The van der Waals surface area contributed by atoms with Crippen molar-refractivity contribution in [2.45, 2.75) is 43.3 Å². The van der Waals surface area contributed by atoms with Crippen LogP contribution in [0, 0.1) is 0 Å². The molecule has 0 radical (unpaired) electrons. The summed E-state index contributed by atoms with van der Waals surface area (Å²) in [4.78, 5) is 14.7. The van der Waals surface area contributed by atoms with Gasteiger partial charge in [-0.2, -0.15) is 0 Å². The molecule has 21 heavy (non-hydrogen) atoms. The second kappa shape index (κ2) is 5.91. The first-order valence-electron chi connectivity index (χ1n) is 7.81. The molecular weight excluding hydrogens is 282 g/mol. The van der Waals surface area contributed by atoms with E-state index in [0.717, 1.165) is 44.5 Å². The Labute approximate surface area is 130 Å². The molecule has 3 nitrogen and oxygen atoms in total. The van der Waals surface area contributed by atoms with Crippen LogP contribution in [0.2, 0.25) is 0 Å². The molecule has 1 unspecified atom stereocenters. The van der Waals surface area contributed by atoms with E-state index in [2.05, 4.69) is 11.8 Å². The van der Waals surface area contributed by atoms with Crippen LogP contribution in [0.25, 0.3) is 0 Å². The molecule has 1 N–H and O–H groups in total. The van der Waals surface area contributed by atoms with E-state index in [-0.39, 0.29) is 4.75 Å². The molecule has 4 heteroatoms. The third kappa shape index (κ3) is 3.05. The maximum Gasteiger partial charge on any atom is 0.238 e. The summed E-state index contributed by atoms with van der Waals surface area (Å²) in [5.74, 6) is 2.29. The largest absolute Gasteiger partial charge is 0.508 e. The summed E-state index contributed by atoms with van der Waals surface area (Å²) >= 11 is 1.83. The molecule has 114 valence electrons. The molecule has 0 saturated carbocycles. The third-order valence-electron chi connectivity index (χ3n) is 4.82. The standard InChI is InChI=1S/C17H23NO2S/c1-17(9-2-12-21-17)16(20)18-10-7-14(8-11-18)13-3-5-15(19)6-4-13/h3-6,14,19H,2,7-12H2,1H3. The van der Waals surface area contributed by atoms with Crippen molar-refractivity contribution in [2.24, 2.45) is 0 Å².